The SMILES string of the molecule is N#CC1(NC(=O)[C@H](CS(=O)(=O)CC2CC2)N[C@H](c2cccc(F)c2F)C(F)(F)F)CC1. The van der Waals surface area contributed by atoms with Crippen molar-refractivity contribution in [3.8, 4) is 6.07 Å². The second-order valence-corrected chi connectivity index (χ2v) is 10.2. The Bertz CT molecular complexity index is 998. The Balaban J connectivity index is 1.91. The molecule has 0 aromatic heterocycles. The van der Waals surface area contributed by atoms with E-state index in [2.05, 4.69) is 5.32 Å². The van der Waals surface area contributed by atoms with Crippen LogP contribution in [0.2, 0.25) is 0 Å². The number of sulfone groups is 1. The van der Waals surface area contributed by atoms with Gasteiger partial charge < -0.3 is 5.32 Å². The molecule has 2 aliphatic rings. The number of rotatable bonds is 9. The quantitative estimate of drug-likeness (QED) is 0.546. The third-order valence-electron chi connectivity index (χ3n) is 5.24. The first-order valence-electron chi connectivity index (χ1n) is 9.56. The van der Waals surface area contributed by atoms with E-state index in [1.165, 1.54) is 0 Å². The van der Waals surface area contributed by atoms with Crippen LogP contribution in [0.3, 0.4) is 0 Å². The third kappa shape index (κ3) is 5.92. The van der Waals surface area contributed by atoms with Gasteiger partial charge in [-0.15, -0.1) is 0 Å². The van der Waals surface area contributed by atoms with Gasteiger partial charge in [0.2, 0.25) is 5.91 Å². The van der Waals surface area contributed by atoms with Gasteiger partial charge in [-0.25, -0.2) is 17.2 Å². The molecule has 31 heavy (non-hydrogen) atoms. The van der Waals surface area contributed by atoms with Crippen molar-refractivity contribution in [1.82, 2.24) is 10.6 Å². The molecule has 0 heterocycles. The average molecular weight is 465 g/mol. The van der Waals surface area contributed by atoms with Crippen LogP contribution < -0.4 is 10.6 Å². The number of alkyl halides is 3. The fourth-order valence-corrected chi connectivity index (χ4v) is 5.13. The van der Waals surface area contributed by atoms with Crippen molar-refractivity contribution in [2.24, 2.45) is 5.92 Å². The van der Waals surface area contributed by atoms with Crippen LogP contribution in [0.4, 0.5) is 22.0 Å². The van der Waals surface area contributed by atoms with Crippen LogP contribution in [0.5, 0.6) is 0 Å². The van der Waals surface area contributed by atoms with Gasteiger partial charge in [-0.2, -0.15) is 18.4 Å². The van der Waals surface area contributed by atoms with Crippen molar-refractivity contribution in [2.45, 2.75) is 49.5 Å². The van der Waals surface area contributed by atoms with Gasteiger partial charge in [0.1, 0.15) is 17.6 Å². The zero-order valence-electron chi connectivity index (χ0n) is 16.2. The molecule has 6 nitrogen and oxygen atoms in total. The summed E-state index contributed by atoms with van der Waals surface area (Å²) in [6.07, 6.45) is -3.28. The maximum absolute atomic E-state index is 14.1. The smallest absolute Gasteiger partial charge is 0.336 e. The van der Waals surface area contributed by atoms with Gasteiger partial charge in [0.25, 0.3) is 0 Å². The van der Waals surface area contributed by atoms with Gasteiger partial charge in [-0.3, -0.25) is 10.1 Å². The Morgan fingerprint density at radius 1 is 1.26 bits per heavy atom. The number of nitrogens with one attached hydrogen (secondary N) is 2. The third-order valence-corrected chi connectivity index (χ3v) is 7.06. The molecule has 0 bridgehead atoms. The predicted octanol–water partition coefficient (Wildman–Crippen LogP) is 2.52. The van der Waals surface area contributed by atoms with Crippen molar-refractivity contribution in [1.29, 1.82) is 5.26 Å². The normalized spacial score (nSPS) is 19.9. The number of nitrogens with zero attached hydrogens (tertiary/aromatic N) is 1. The number of carbonyl (C=O) groups is 1. The number of carbonyl (C=O) groups excluding carboxylic acids is 1. The van der Waals surface area contributed by atoms with Crippen molar-refractivity contribution in [2.75, 3.05) is 11.5 Å². The summed E-state index contributed by atoms with van der Waals surface area (Å²) in [6, 6.07) is -0.714. The second kappa shape index (κ2) is 8.35. The number of amides is 1. The fourth-order valence-electron chi connectivity index (χ4n) is 3.18. The second-order valence-electron chi connectivity index (χ2n) is 8.04. The molecule has 1 aromatic carbocycles. The molecule has 2 atom stereocenters. The van der Waals surface area contributed by atoms with Crippen molar-refractivity contribution >= 4 is 15.7 Å². The number of nitriles is 1. The van der Waals surface area contributed by atoms with E-state index in [0.29, 0.717) is 25.0 Å². The average Bonchev–Trinajstić information content (AvgIpc) is 3.58. The first-order chi connectivity index (χ1) is 14.4. The monoisotopic (exact) mass is 465 g/mol. The maximum Gasteiger partial charge on any atom is 0.408 e. The molecule has 1 amide bonds. The lowest BCUT2D eigenvalue weighted by atomic mass is 10.0. The lowest BCUT2D eigenvalue weighted by molar-refractivity contribution is -0.161. The lowest BCUT2D eigenvalue weighted by Gasteiger charge is -2.28. The molecule has 0 spiro atoms. The van der Waals surface area contributed by atoms with E-state index in [0.717, 1.165) is 6.07 Å². The van der Waals surface area contributed by atoms with E-state index in [1.807, 2.05) is 11.4 Å². The van der Waals surface area contributed by atoms with Crippen LogP contribution in [0, 0.1) is 28.9 Å². The van der Waals surface area contributed by atoms with Crippen LogP contribution in [0.25, 0.3) is 0 Å². The van der Waals surface area contributed by atoms with Crippen LogP contribution in [0.15, 0.2) is 18.2 Å². The molecule has 3 rings (SSSR count). The molecule has 0 saturated heterocycles. The van der Waals surface area contributed by atoms with Crippen molar-refractivity contribution < 1.29 is 35.2 Å². The Labute approximate surface area is 175 Å². The molecule has 2 fully saturated rings. The van der Waals surface area contributed by atoms with Gasteiger partial charge in [0.05, 0.1) is 17.6 Å². The summed E-state index contributed by atoms with van der Waals surface area (Å²) in [5.41, 5.74) is -2.36. The molecule has 1 aromatic rings. The van der Waals surface area contributed by atoms with Crippen LogP contribution >= 0.6 is 0 Å². The summed E-state index contributed by atoms with van der Waals surface area (Å²) >= 11 is 0. The standard InChI is InChI=1S/C19H20F5N3O3S/c20-13-3-1-2-12(15(13)21)16(19(22,23)24)26-14(9-31(29,30)8-11-4-5-11)17(28)27-18(10-25)6-7-18/h1-3,11,14,16,26H,4-9H2,(H,27,28)/t14-,16+/m0/s1. The number of halogens is 5. The van der Waals surface area contributed by atoms with E-state index in [-0.39, 0.29) is 24.5 Å². The number of benzene rings is 1. The highest BCUT2D eigenvalue weighted by molar-refractivity contribution is 7.91. The van der Waals surface area contributed by atoms with Gasteiger partial charge in [-0.1, -0.05) is 12.1 Å². The van der Waals surface area contributed by atoms with Gasteiger partial charge in [0, 0.05) is 5.56 Å². The minimum atomic E-state index is -5.17. The minimum Gasteiger partial charge on any atom is -0.336 e. The summed E-state index contributed by atoms with van der Waals surface area (Å²) in [5, 5.41) is 13.3. The maximum atomic E-state index is 14.1. The topological polar surface area (TPSA) is 99.1 Å². The van der Waals surface area contributed by atoms with Crippen LogP contribution in [-0.2, 0) is 14.6 Å². The zero-order valence-corrected chi connectivity index (χ0v) is 17.0. The molecule has 2 N–H and O–H groups in total. The van der Waals surface area contributed by atoms with Crippen molar-refractivity contribution in [3.63, 3.8) is 0 Å². The molecular formula is C19H20F5N3O3S. The Morgan fingerprint density at radius 2 is 1.90 bits per heavy atom. The summed E-state index contributed by atoms with van der Waals surface area (Å²) in [4.78, 5) is 12.7. The summed E-state index contributed by atoms with van der Waals surface area (Å²) < 4.78 is 93.7. The Hall–Kier alpha value is -2.26. The summed E-state index contributed by atoms with van der Waals surface area (Å²) in [6.45, 7) is 0. The molecule has 0 radical (unpaired) electrons. The van der Waals surface area contributed by atoms with Gasteiger partial charge in [0.15, 0.2) is 21.5 Å². The summed E-state index contributed by atoms with van der Waals surface area (Å²) in [5.74, 6) is -5.76. The highest BCUT2D eigenvalue weighted by Gasteiger charge is 2.49. The molecule has 0 aliphatic heterocycles. The largest absolute Gasteiger partial charge is 0.408 e. The molecule has 170 valence electrons. The molecule has 12 heteroatoms. The molecule has 0 unspecified atom stereocenters. The molecular weight excluding hydrogens is 445 g/mol. The lowest BCUT2D eigenvalue weighted by Crippen LogP contribution is -2.54. The Kier molecular flexibility index (Phi) is 6.30. The first-order valence-corrected chi connectivity index (χ1v) is 11.4. The van der Waals surface area contributed by atoms with E-state index in [1.54, 1.807) is 0 Å². The minimum absolute atomic E-state index is 0.110. The van der Waals surface area contributed by atoms with Gasteiger partial charge >= 0.3 is 6.18 Å². The number of hydrogen-bond acceptors (Lipinski definition) is 5. The van der Waals surface area contributed by atoms with Crippen LogP contribution in [0.1, 0.15) is 37.3 Å². The van der Waals surface area contributed by atoms with E-state index >= 15 is 0 Å². The molecule has 2 saturated carbocycles. The Morgan fingerprint density at radius 3 is 2.42 bits per heavy atom. The van der Waals surface area contributed by atoms with E-state index in [4.69, 9.17) is 5.26 Å². The molecule has 2 aliphatic carbocycles. The number of hydrogen-bond donors (Lipinski definition) is 2. The van der Waals surface area contributed by atoms with Crippen molar-refractivity contribution in [3.05, 3.63) is 35.4 Å². The van der Waals surface area contributed by atoms with Crippen LogP contribution in [-0.4, -0.2) is 43.6 Å². The van der Waals surface area contributed by atoms with Gasteiger partial charge in [-0.05, 0) is 37.7 Å². The fraction of sp³-hybridized carbons (Fsp3) is 0.579. The van der Waals surface area contributed by atoms with E-state index < -0.39 is 62.5 Å². The highest BCUT2D eigenvalue weighted by Crippen LogP contribution is 2.37. The predicted molar refractivity (Wildman–Crippen MR) is 99.2 cm³/mol. The summed E-state index contributed by atoms with van der Waals surface area (Å²) in [7, 11) is -3.94. The first kappa shape index (κ1) is 23.4. The highest BCUT2D eigenvalue weighted by atomic mass is 32.2. The van der Waals surface area contributed by atoms with E-state index in [9.17, 15) is 35.2 Å². The zero-order chi connectivity index (χ0) is 23.0.